The molecular formula is C58H70BN3. The van der Waals surface area contributed by atoms with E-state index in [2.05, 4.69) is 196 Å². The van der Waals surface area contributed by atoms with Crippen LogP contribution in [-0.2, 0) is 27.1 Å². The standard InChI is InChI=1S/C58H70BN3/c1-52(2,3)37-21-25-40(26-22-37)60-47-28-24-39(54(7,8)9)34-45(47)59-44-20-18-19-42-51(44)62(58(13)32-17-14-29-55(42,58)10)49-36-41(35-48(60)50(49)59)61-46-27-23-38(53(4,5)6)33-43(46)56(11)30-15-16-31-57(56,61)12/h18-28,33-36H,14-17,29-32H2,1-13H3. The van der Waals surface area contributed by atoms with E-state index in [0.717, 1.165) is 0 Å². The van der Waals surface area contributed by atoms with Crippen LogP contribution in [-0.4, -0.2) is 17.8 Å². The van der Waals surface area contributed by atoms with Crippen molar-refractivity contribution >= 4 is 62.9 Å². The Morgan fingerprint density at radius 3 is 1.61 bits per heavy atom. The molecule has 4 heteroatoms. The summed E-state index contributed by atoms with van der Waals surface area (Å²) in [7, 11) is 0. The first kappa shape index (κ1) is 40.3. The molecule has 4 aliphatic heterocycles. The lowest BCUT2D eigenvalue weighted by atomic mass is 9.33. The maximum atomic E-state index is 2.93. The Hall–Kier alpha value is -4.44. The number of hydrogen-bond acceptors (Lipinski definition) is 3. The lowest BCUT2D eigenvalue weighted by molar-refractivity contribution is 0.194. The number of hydrogen-bond donors (Lipinski definition) is 0. The monoisotopic (exact) mass is 820 g/mol. The molecule has 0 bridgehead atoms. The average Bonchev–Trinajstić information content (AvgIpc) is 3.56. The number of para-hydroxylation sites is 1. The van der Waals surface area contributed by atoms with Crippen LogP contribution in [0.5, 0.6) is 0 Å². The molecule has 3 nitrogen and oxygen atoms in total. The van der Waals surface area contributed by atoms with E-state index in [1.54, 1.807) is 11.1 Å². The van der Waals surface area contributed by atoms with Crippen molar-refractivity contribution in [2.24, 2.45) is 0 Å². The second kappa shape index (κ2) is 12.6. The molecule has 5 aromatic carbocycles. The van der Waals surface area contributed by atoms with Gasteiger partial charge in [-0.2, -0.15) is 0 Å². The number of rotatable bonds is 2. The smallest absolute Gasteiger partial charge is 0.252 e. The number of benzene rings is 5. The molecule has 6 aliphatic rings. The summed E-state index contributed by atoms with van der Waals surface area (Å²) in [5.41, 5.74) is 21.5. The topological polar surface area (TPSA) is 9.72 Å². The SMILES string of the molecule is CC(C)(C)c1ccc(N2c3ccc(C(C)(C)C)cc3B3c4cccc5c4N(c4cc(N6c7ccc(C(C)(C)C)cc7C7(C)CCCCC67C)cc2c43)C2(C)CCCCC52C)cc1. The molecule has 0 N–H and O–H groups in total. The van der Waals surface area contributed by atoms with E-state index in [4.69, 9.17) is 0 Å². The van der Waals surface area contributed by atoms with Crippen molar-refractivity contribution in [1.29, 1.82) is 0 Å². The molecule has 4 atom stereocenters. The van der Waals surface area contributed by atoms with E-state index in [1.807, 2.05) is 0 Å². The van der Waals surface area contributed by atoms with Crippen molar-refractivity contribution in [3.05, 3.63) is 119 Å². The van der Waals surface area contributed by atoms with E-state index in [9.17, 15) is 0 Å². The van der Waals surface area contributed by atoms with Gasteiger partial charge in [-0.25, -0.2) is 0 Å². The first-order valence-corrected chi connectivity index (χ1v) is 24.2. The molecule has 0 amide bonds. The van der Waals surface area contributed by atoms with Gasteiger partial charge in [0.1, 0.15) is 0 Å². The van der Waals surface area contributed by atoms with Gasteiger partial charge in [0, 0.05) is 50.6 Å². The lowest BCUT2D eigenvalue weighted by Gasteiger charge is -2.54. The van der Waals surface area contributed by atoms with Gasteiger partial charge in [-0.1, -0.05) is 156 Å². The van der Waals surface area contributed by atoms with Crippen molar-refractivity contribution in [2.75, 3.05) is 14.7 Å². The van der Waals surface area contributed by atoms with Crippen LogP contribution in [0.25, 0.3) is 0 Å². The van der Waals surface area contributed by atoms with Crippen LogP contribution in [0.15, 0.2) is 91.0 Å². The Balaban J connectivity index is 1.25. The Morgan fingerprint density at radius 1 is 0.452 bits per heavy atom. The molecule has 2 aliphatic carbocycles. The third-order valence-corrected chi connectivity index (χ3v) is 18.0. The molecule has 0 aromatic heterocycles. The zero-order valence-corrected chi connectivity index (χ0v) is 40.2. The quantitative estimate of drug-likeness (QED) is 0.161. The minimum Gasteiger partial charge on any atom is -0.335 e. The van der Waals surface area contributed by atoms with E-state index < -0.39 is 0 Å². The van der Waals surface area contributed by atoms with Crippen molar-refractivity contribution in [3.63, 3.8) is 0 Å². The third-order valence-electron chi connectivity index (χ3n) is 18.0. The fourth-order valence-corrected chi connectivity index (χ4v) is 13.9. The molecule has 62 heavy (non-hydrogen) atoms. The van der Waals surface area contributed by atoms with Crippen LogP contribution < -0.4 is 31.1 Å². The predicted molar refractivity (Wildman–Crippen MR) is 267 cm³/mol. The Morgan fingerprint density at radius 2 is 0.984 bits per heavy atom. The molecule has 5 aromatic rings. The maximum Gasteiger partial charge on any atom is 0.252 e. The summed E-state index contributed by atoms with van der Waals surface area (Å²) in [5.74, 6) is 0. The Bertz CT molecular complexity index is 2690. The van der Waals surface area contributed by atoms with E-state index in [1.165, 1.54) is 124 Å². The van der Waals surface area contributed by atoms with Gasteiger partial charge in [0.15, 0.2) is 0 Å². The number of anilines is 7. The van der Waals surface area contributed by atoms with Crippen molar-refractivity contribution < 1.29 is 0 Å². The van der Waals surface area contributed by atoms with E-state index in [-0.39, 0.29) is 44.9 Å². The number of nitrogens with zero attached hydrogens (tertiary/aromatic N) is 3. The summed E-state index contributed by atoms with van der Waals surface area (Å²) in [6, 6.07) is 37.4. The summed E-state index contributed by atoms with van der Waals surface area (Å²) in [5, 5.41) is 0. The van der Waals surface area contributed by atoms with E-state index >= 15 is 0 Å². The molecule has 11 rings (SSSR count). The maximum absolute atomic E-state index is 2.93. The highest BCUT2D eigenvalue weighted by molar-refractivity contribution is 7.00. The van der Waals surface area contributed by atoms with Gasteiger partial charge < -0.3 is 14.7 Å². The first-order valence-electron chi connectivity index (χ1n) is 24.2. The molecule has 0 radical (unpaired) electrons. The molecule has 4 unspecified atom stereocenters. The summed E-state index contributed by atoms with van der Waals surface area (Å²) in [6.07, 6.45) is 9.93. The van der Waals surface area contributed by atoms with Crippen molar-refractivity contribution in [2.45, 2.75) is 180 Å². The predicted octanol–water partition coefficient (Wildman–Crippen LogP) is 13.7. The summed E-state index contributed by atoms with van der Waals surface area (Å²) in [4.78, 5) is 8.46. The highest BCUT2D eigenvalue weighted by Crippen LogP contribution is 2.65. The summed E-state index contributed by atoms with van der Waals surface area (Å²) in [6.45, 7) is 31.8. The third kappa shape index (κ3) is 5.13. The van der Waals surface area contributed by atoms with Crippen LogP contribution >= 0.6 is 0 Å². The van der Waals surface area contributed by atoms with Crippen LogP contribution in [0.2, 0.25) is 0 Å². The Labute approximate surface area is 374 Å². The van der Waals surface area contributed by atoms with Crippen molar-refractivity contribution in [3.8, 4) is 0 Å². The fraction of sp³-hybridized carbons (Fsp3) is 0.483. The molecule has 4 heterocycles. The molecular weight excluding hydrogens is 749 g/mol. The first-order chi connectivity index (χ1) is 29.1. The second-order valence-corrected chi connectivity index (χ2v) is 24.5. The molecule has 320 valence electrons. The van der Waals surface area contributed by atoms with Gasteiger partial charge in [0.25, 0.3) is 6.71 Å². The van der Waals surface area contributed by atoms with E-state index in [0.29, 0.717) is 0 Å². The zero-order chi connectivity index (χ0) is 43.7. The zero-order valence-electron chi connectivity index (χ0n) is 40.2. The molecule has 2 fully saturated rings. The van der Waals surface area contributed by atoms with Crippen LogP contribution in [0, 0.1) is 0 Å². The second-order valence-electron chi connectivity index (χ2n) is 24.5. The largest absolute Gasteiger partial charge is 0.335 e. The Kier molecular flexibility index (Phi) is 8.22. The van der Waals surface area contributed by atoms with Gasteiger partial charge in [-0.3, -0.25) is 0 Å². The molecule has 0 saturated heterocycles. The summed E-state index contributed by atoms with van der Waals surface area (Å²) < 4.78 is 0. The van der Waals surface area contributed by atoms with Gasteiger partial charge in [-0.05, 0) is 136 Å². The average molecular weight is 820 g/mol. The van der Waals surface area contributed by atoms with Gasteiger partial charge >= 0.3 is 0 Å². The highest BCUT2D eigenvalue weighted by atomic mass is 15.3. The minimum absolute atomic E-state index is 0.0223. The minimum atomic E-state index is -0.0657. The summed E-state index contributed by atoms with van der Waals surface area (Å²) >= 11 is 0. The highest BCUT2D eigenvalue weighted by Gasteiger charge is 2.62. The van der Waals surface area contributed by atoms with Crippen LogP contribution in [0.1, 0.15) is 169 Å². The van der Waals surface area contributed by atoms with Crippen molar-refractivity contribution in [1.82, 2.24) is 0 Å². The van der Waals surface area contributed by atoms with Gasteiger partial charge in [-0.15, -0.1) is 0 Å². The normalized spacial score (nSPS) is 27.0. The fourth-order valence-electron chi connectivity index (χ4n) is 13.9. The van der Waals surface area contributed by atoms with Crippen LogP contribution in [0.3, 0.4) is 0 Å². The van der Waals surface area contributed by atoms with Gasteiger partial charge in [0.2, 0.25) is 0 Å². The van der Waals surface area contributed by atoms with Crippen LogP contribution in [0.4, 0.5) is 39.8 Å². The van der Waals surface area contributed by atoms with Gasteiger partial charge in [0.05, 0.1) is 11.1 Å². The lowest BCUT2D eigenvalue weighted by Crippen LogP contribution is -2.64. The number of fused-ring (bicyclic) bond motifs is 10. The molecule has 2 saturated carbocycles. The molecule has 0 spiro atoms.